The highest BCUT2D eigenvalue weighted by atomic mass is 15.3. The standard InChI is InChI=1S/C16H20N4/c1-18(2)10-7-13-20-15-9-4-3-8-14(15)16(17-20)19-11-5-6-12-19/h3-6,8-9,11-12H,7,10,13H2,1-2H3. The average Bonchev–Trinajstić information content (AvgIpc) is 3.06. The van der Waals surface area contributed by atoms with E-state index in [1.807, 2.05) is 24.5 Å². The van der Waals surface area contributed by atoms with Crippen molar-refractivity contribution >= 4 is 10.9 Å². The Morgan fingerprint density at radius 3 is 2.55 bits per heavy atom. The number of benzene rings is 1. The number of fused-ring (bicyclic) bond motifs is 1. The molecular formula is C16H20N4. The summed E-state index contributed by atoms with van der Waals surface area (Å²) < 4.78 is 4.19. The molecule has 0 saturated carbocycles. The Balaban J connectivity index is 1.96. The predicted octanol–water partition coefficient (Wildman–Crippen LogP) is 2.78. The van der Waals surface area contributed by atoms with E-state index in [1.54, 1.807) is 0 Å². The Kier molecular flexibility index (Phi) is 3.56. The van der Waals surface area contributed by atoms with E-state index in [0.29, 0.717) is 0 Å². The molecule has 0 amide bonds. The summed E-state index contributed by atoms with van der Waals surface area (Å²) in [5, 5.41) is 5.99. The molecule has 0 spiro atoms. The second-order valence-electron chi connectivity index (χ2n) is 5.31. The highest BCUT2D eigenvalue weighted by molar-refractivity contribution is 5.86. The number of hydrogen-bond donors (Lipinski definition) is 0. The molecule has 2 heterocycles. The van der Waals surface area contributed by atoms with Crippen molar-refractivity contribution in [2.75, 3.05) is 20.6 Å². The maximum atomic E-state index is 4.79. The lowest BCUT2D eigenvalue weighted by Gasteiger charge is -2.09. The predicted molar refractivity (Wildman–Crippen MR) is 82.2 cm³/mol. The van der Waals surface area contributed by atoms with Gasteiger partial charge >= 0.3 is 0 Å². The highest BCUT2D eigenvalue weighted by Crippen LogP contribution is 2.22. The van der Waals surface area contributed by atoms with E-state index in [0.717, 1.165) is 25.3 Å². The molecule has 4 heteroatoms. The van der Waals surface area contributed by atoms with Crippen molar-refractivity contribution in [1.29, 1.82) is 0 Å². The zero-order valence-corrected chi connectivity index (χ0v) is 12.0. The van der Waals surface area contributed by atoms with Gasteiger partial charge in [0.15, 0.2) is 5.82 Å². The van der Waals surface area contributed by atoms with Crippen LogP contribution in [0.2, 0.25) is 0 Å². The summed E-state index contributed by atoms with van der Waals surface area (Å²) in [5.41, 5.74) is 1.20. The van der Waals surface area contributed by atoms with Crippen LogP contribution in [-0.2, 0) is 6.54 Å². The summed E-state index contributed by atoms with van der Waals surface area (Å²) in [4.78, 5) is 2.21. The first-order valence-corrected chi connectivity index (χ1v) is 6.99. The Bertz CT molecular complexity index is 680. The zero-order valence-electron chi connectivity index (χ0n) is 12.0. The van der Waals surface area contributed by atoms with Crippen molar-refractivity contribution in [3.63, 3.8) is 0 Å². The van der Waals surface area contributed by atoms with Gasteiger partial charge in [-0.2, -0.15) is 5.10 Å². The number of rotatable bonds is 5. The van der Waals surface area contributed by atoms with Gasteiger partial charge in [0.1, 0.15) is 0 Å². The summed E-state index contributed by atoms with van der Waals surface area (Å²) >= 11 is 0. The van der Waals surface area contributed by atoms with Gasteiger partial charge in [-0.15, -0.1) is 0 Å². The summed E-state index contributed by atoms with van der Waals surface area (Å²) in [7, 11) is 4.21. The second kappa shape index (κ2) is 5.51. The van der Waals surface area contributed by atoms with Gasteiger partial charge in [0.05, 0.1) is 5.52 Å². The smallest absolute Gasteiger partial charge is 0.166 e. The topological polar surface area (TPSA) is 26.0 Å². The van der Waals surface area contributed by atoms with E-state index in [-0.39, 0.29) is 0 Å². The lowest BCUT2D eigenvalue weighted by molar-refractivity contribution is 0.382. The minimum Gasteiger partial charge on any atom is -0.309 e. The minimum absolute atomic E-state index is 0.944. The van der Waals surface area contributed by atoms with E-state index >= 15 is 0 Å². The van der Waals surface area contributed by atoms with Gasteiger partial charge in [-0.3, -0.25) is 4.68 Å². The molecule has 0 aliphatic heterocycles. The fourth-order valence-electron chi connectivity index (χ4n) is 2.48. The third-order valence-electron chi connectivity index (χ3n) is 3.46. The van der Waals surface area contributed by atoms with Crippen LogP contribution in [0.1, 0.15) is 6.42 Å². The van der Waals surface area contributed by atoms with Crippen LogP contribution in [0.5, 0.6) is 0 Å². The third kappa shape index (κ3) is 2.47. The summed E-state index contributed by atoms with van der Waals surface area (Å²) in [6, 6.07) is 12.5. The monoisotopic (exact) mass is 268 g/mol. The quantitative estimate of drug-likeness (QED) is 0.711. The molecule has 3 rings (SSSR count). The van der Waals surface area contributed by atoms with Gasteiger partial charge in [-0.25, -0.2) is 0 Å². The van der Waals surface area contributed by atoms with E-state index in [1.165, 1.54) is 10.9 Å². The van der Waals surface area contributed by atoms with Crippen LogP contribution in [0.3, 0.4) is 0 Å². The lowest BCUT2D eigenvalue weighted by Crippen LogP contribution is -2.15. The molecule has 1 aromatic carbocycles. The van der Waals surface area contributed by atoms with Gasteiger partial charge in [-0.1, -0.05) is 12.1 Å². The Morgan fingerprint density at radius 1 is 1.05 bits per heavy atom. The van der Waals surface area contributed by atoms with Crippen LogP contribution in [-0.4, -0.2) is 39.9 Å². The fraction of sp³-hybridized carbons (Fsp3) is 0.312. The summed E-state index contributed by atoms with van der Waals surface area (Å²) in [6.45, 7) is 2.02. The average molecular weight is 268 g/mol. The molecule has 0 radical (unpaired) electrons. The molecular weight excluding hydrogens is 248 g/mol. The molecule has 4 nitrogen and oxygen atoms in total. The SMILES string of the molecule is CN(C)CCCn1nc(-n2cccc2)c2ccccc21. The molecule has 2 aromatic heterocycles. The van der Waals surface area contributed by atoms with Crippen molar-refractivity contribution in [2.45, 2.75) is 13.0 Å². The van der Waals surface area contributed by atoms with Crippen LogP contribution in [0.4, 0.5) is 0 Å². The Labute approximate surface area is 119 Å². The van der Waals surface area contributed by atoms with Gasteiger partial charge in [0.2, 0.25) is 0 Å². The highest BCUT2D eigenvalue weighted by Gasteiger charge is 2.10. The molecule has 0 atom stereocenters. The van der Waals surface area contributed by atoms with E-state index in [4.69, 9.17) is 5.10 Å². The maximum Gasteiger partial charge on any atom is 0.166 e. The van der Waals surface area contributed by atoms with E-state index in [2.05, 4.69) is 52.5 Å². The van der Waals surface area contributed by atoms with Crippen molar-refractivity contribution in [3.05, 3.63) is 48.8 Å². The third-order valence-corrected chi connectivity index (χ3v) is 3.46. The molecule has 0 bridgehead atoms. The van der Waals surface area contributed by atoms with Crippen molar-refractivity contribution in [3.8, 4) is 5.82 Å². The van der Waals surface area contributed by atoms with Gasteiger partial charge in [0, 0.05) is 24.3 Å². The number of para-hydroxylation sites is 1. The maximum absolute atomic E-state index is 4.79. The van der Waals surface area contributed by atoms with Gasteiger partial charge in [0.25, 0.3) is 0 Å². The van der Waals surface area contributed by atoms with Crippen LogP contribution < -0.4 is 0 Å². The number of nitrogens with zero attached hydrogens (tertiary/aromatic N) is 4. The van der Waals surface area contributed by atoms with E-state index < -0.39 is 0 Å². The van der Waals surface area contributed by atoms with Gasteiger partial charge < -0.3 is 9.47 Å². The number of aryl methyl sites for hydroxylation is 1. The number of hydrogen-bond acceptors (Lipinski definition) is 2. The zero-order chi connectivity index (χ0) is 13.9. The van der Waals surface area contributed by atoms with Crippen LogP contribution >= 0.6 is 0 Å². The first kappa shape index (κ1) is 12.9. The molecule has 0 aliphatic rings. The van der Waals surface area contributed by atoms with Crippen molar-refractivity contribution in [2.24, 2.45) is 0 Å². The molecule has 0 saturated heterocycles. The van der Waals surface area contributed by atoms with Crippen LogP contribution in [0.25, 0.3) is 16.7 Å². The molecule has 0 unspecified atom stereocenters. The molecule has 0 aliphatic carbocycles. The second-order valence-corrected chi connectivity index (χ2v) is 5.31. The van der Waals surface area contributed by atoms with Crippen LogP contribution in [0, 0.1) is 0 Å². The van der Waals surface area contributed by atoms with Crippen molar-refractivity contribution < 1.29 is 0 Å². The summed E-state index contributed by atoms with van der Waals surface area (Å²) in [6.07, 6.45) is 5.18. The first-order valence-electron chi connectivity index (χ1n) is 6.99. The molecule has 3 aromatic rings. The van der Waals surface area contributed by atoms with Crippen molar-refractivity contribution in [1.82, 2.24) is 19.2 Å². The fourth-order valence-corrected chi connectivity index (χ4v) is 2.48. The molecule has 0 N–H and O–H groups in total. The Hall–Kier alpha value is -2.07. The first-order chi connectivity index (χ1) is 9.75. The molecule has 0 fully saturated rings. The number of aromatic nitrogens is 3. The Morgan fingerprint density at radius 2 is 1.80 bits per heavy atom. The largest absolute Gasteiger partial charge is 0.309 e. The molecule has 20 heavy (non-hydrogen) atoms. The van der Waals surface area contributed by atoms with E-state index in [9.17, 15) is 0 Å². The van der Waals surface area contributed by atoms with Crippen LogP contribution in [0.15, 0.2) is 48.8 Å². The normalized spacial score (nSPS) is 11.6. The lowest BCUT2D eigenvalue weighted by atomic mass is 10.2. The van der Waals surface area contributed by atoms with Gasteiger partial charge in [-0.05, 0) is 51.3 Å². The molecule has 104 valence electrons. The summed E-state index contributed by atoms with van der Waals surface area (Å²) in [5.74, 6) is 1.01. The minimum atomic E-state index is 0.944.